The van der Waals surface area contributed by atoms with Gasteiger partial charge in [-0.05, 0) is 30.2 Å². The number of hydrogen-bond acceptors (Lipinski definition) is 3. The van der Waals surface area contributed by atoms with Crippen LogP contribution < -0.4 is 5.32 Å². The van der Waals surface area contributed by atoms with Gasteiger partial charge in [0.1, 0.15) is 5.75 Å². The van der Waals surface area contributed by atoms with Crippen molar-refractivity contribution in [3.05, 3.63) is 28.8 Å². The zero-order chi connectivity index (χ0) is 13.7. The first kappa shape index (κ1) is 14.8. The molecular formula is C13H18ClNO3. The summed E-state index contributed by atoms with van der Waals surface area (Å²) in [5.74, 6) is -0.727. The summed E-state index contributed by atoms with van der Waals surface area (Å²) in [5.41, 5.74) is 0.655. The number of halogens is 1. The van der Waals surface area contributed by atoms with Crippen molar-refractivity contribution < 1.29 is 15.0 Å². The molecule has 4 nitrogen and oxygen atoms in total. The topological polar surface area (TPSA) is 69.6 Å². The number of carbonyl (C=O) groups is 1. The van der Waals surface area contributed by atoms with Crippen LogP contribution in [-0.4, -0.2) is 28.3 Å². The smallest absolute Gasteiger partial charge is 0.304 e. The van der Waals surface area contributed by atoms with Crippen LogP contribution in [0.4, 0.5) is 0 Å². The Labute approximate surface area is 112 Å². The summed E-state index contributed by atoms with van der Waals surface area (Å²) in [5, 5.41) is 22.3. The Hall–Kier alpha value is -1.26. The number of rotatable bonds is 6. The van der Waals surface area contributed by atoms with Gasteiger partial charge >= 0.3 is 5.97 Å². The maximum absolute atomic E-state index is 10.8. The predicted octanol–water partition coefficient (Wildman–Crippen LogP) is 2.43. The number of carboxylic acids is 1. The lowest BCUT2D eigenvalue weighted by atomic mass is 10.0. The summed E-state index contributed by atoms with van der Waals surface area (Å²) >= 11 is 5.86. The van der Waals surface area contributed by atoms with Crippen LogP contribution in [-0.2, 0) is 11.2 Å². The van der Waals surface area contributed by atoms with Crippen molar-refractivity contribution in [1.82, 2.24) is 5.32 Å². The highest BCUT2D eigenvalue weighted by Crippen LogP contribution is 2.23. The molecular weight excluding hydrogens is 254 g/mol. The molecule has 1 aromatic rings. The minimum absolute atomic E-state index is 0.00410. The highest BCUT2D eigenvalue weighted by molar-refractivity contribution is 6.30. The molecule has 3 N–H and O–H groups in total. The molecule has 100 valence electrons. The van der Waals surface area contributed by atoms with Gasteiger partial charge in [0.05, 0.1) is 6.42 Å². The Morgan fingerprint density at radius 3 is 2.67 bits per heavy atom. The Bertz CT molecular complexity index is 421. The molecule has 0 amide bonds. The molecule has 0 aliphatic rings. The monoisotopic (exact) mass is 271 g/mol. The molecule has 1 atom stereocenters. The van der Waals surface area contributed by atoms with Crippen molar-refractivity contribution in [1.29, 1.82) is 0 Å². The first-order valence-corrected chi connectivity index (χ1v) is 6.21. The Balaban J connectivity index is 2.81. The maximum Gasteiger partial charge on any atom is 0.304 e. The van der Waals surface area contributed by atoms with Gasteiger partial charge in [-0.1, -0.05) is 25.4 Å². The van der Waals surface area contributed by atoms with Crippen molar-refractivity contribution >= 4 is 17.6 Å². The summed E-state index contributed by atoms with van der Waals surface area (Å²) < 4.78 is 0. The first-order chi connectivity index (χ1) is 8.38. The van der Waals surface area contributed by atoms with Crippen molar-refractivity contribution in [3.8, 4) is 5.75 Å². The van der Waals surface area contributed by atoms with Gasteiger partial charge in [0, 0.05) is 17.1 Å². The van der Waals surface area contributed by atoms with Gasteiger partial charge in [0.25, 0.3) is 0 Å². The second-order valence-corrected chi connectivity index (χ2v) is 5.03. The summed E-state index contributed by atoms with van der Waals surface area (Å²) in [4.78, 5) is 10.8. The molecule has 1 rings (SSSR count). The molecule has 0 aliphatic heterocycles. The molecule has 0 spiro atoms. The van der Waals surface area contributed by atoms with Gasteiger partial charge in [0.15, 0.2) is 0 Å². The SMILES string of the molecule is CC(C)NC(CC(=O)O)Cc1cc(Cl)ccc1O. The van der Waals surface area contributed by atoms with Crippen molar-refractivity contribution in [2.45, 2.75) is 38.8 Å². The predicted molar refractivity (Wildman–Crippen MR) is 71.1 cm³/mol. The fraction of sp³-hybridized carbons (Fsp3) is 0.462. The van der Waals surface area contributed by atoms with E-state index in [2.05, 4.69) is 5.32 Å². The zero-order valence-corrected chi connectivity index (χ0v) is 11.2. The number of phenols is 1. The number of nitrogens with one attached hydrogen (secondary N) is 1. The fourth-order valence-electron chi connectivity index (χ4n) is 1.86. The highest BCUT2D eigenvalue weighted by Gasteiger charge is 2.16. The molecule has 0 bridgehead atoms. The summed E-state index contributed by atoms with van der Waals surface area (Å²) in [7, 11) is 0. The lowest BCUT2D eigenvalue weighted by Gasteiger charge is -2.20. The lowest BCUT2D eigenvalue weighted by Crippen LogP contribution is -2.38. The minimum Gasteiger partial charge on any atom is -0.508 e. The van der Waals surface area contributed by atoms with Gasteiger partial charge < -0.3 is 15.5 Å². The standard InChI is InChI=1S/C13H18ClNO3/c1-8(2)15-11(7-13(17)18)6-9-5-10(14)3-4-12(9)16/h3-5,8,11,15-16H,6-7H2,1-2H3,(H,17,18). The maximum atomic E-state index is 10.8. The number of carboxylic acid groups (broad SMARTS) is 1. The molecule has 1 unspecified atom stereocenters. The molecule has 0 heterocycles. The van der Waals surface area contributed by atoms with Gasteiger partial charge in [0.2, 0.25) is 0 Å². The van der Waals surface area contributed by atoms with Crippen LogP contribution in [0.15, 0.2) is 18.2 Å². The Kier molecular flexibility index (Phi) is 5.44. The van der Waals surface area contributed by atoms with Crippen LogP contribution in [0.1, 0.15) is 25.8 Å². The largest absolute Gasteiger partial charge is 0.508 e. The van der Waals surface area contributed by atoms with Crippen molar-refractivity contribution in [2.24, 2.45) is 0 Å². The number of phenolic OH excluding ortho intramolecular Hbond substituents is 1. The molecule has 18 heavy (non-hydrogen) atoms. The van der Waals surface area contributed by atoms with Crippen LogP contribution >= 0.6 is 11.6 Å². The van der Waals surface area contributed by atoms with Crippen LogP contribution in [0.3, 0.4) is 0 Å². The number of hydrogen-bond donors (Lipinski definition) is 3. The van der Waals surface area contributed by atoms with E-state index in [0.29, 0.717) is 17.0 Å². The van der Waals surface area contributed by atoms with Crippen LogP contribution in [0.2, 0.25) is 5.02 Å². The van der Waals surface area contributed by atoms with Gasteiger partial charge in [-0.25, -0.2) is 0 Å². The molecule has 0 saturated heterocycles. The molecule has 0 radical (unpaired) electrons. The Morgan fingerprint density at radius 2 is 2.11 bits per heavy atom. The second kappa shape index (κ2) is 6.61. The Morgan fingerprint density at radius 1 is 1.44 bits per heavy atom. The molecule has 0 saturated carbocycles. The molecule has 1 aromatic carbocycles. The third kappa shape index (κ3) is 4.94. The molecule has 0 aromatic heterocycles. The third-order valence-electron chi connectivity index (χ3n) is 2.50. The van der Waals surface area contributed by atoms with E-state index in [1.165, 1.54) is 6.07 Å². The fourth-order valence-corrected chi connectivity index (χ4v) is 2.05. The van der Waals surface area contributed by atoms with Gasteiger partial charge in [-0.2, -0.15) is 0 Å². The zero-order valence-electron chi connectivity index (χ0n) is 10.5. The quantitative estimate of drug-likeness (QED) is 0.743. The molecule has 0 aliphatic carbocycles. The highest BCUT2D eigenvalue weighted by atomic mass is 35.5. The van der Waals surface area contributed by atoms with E-state index in [9.17, 15) is 9.90 Å². The first-order valence-electron chi connectivity index (χ1n) is 5.83. The van der Waals surface area contributed by atoms with E-state index in [1.807, 2.05) is 13.8 Å². The third-order valence-corrected chi connectivity index (χ3v) is 2.73. The normalized spacial score (nSPS) is 12.7. The minimum atomic E-state index is -0.866. The number of aliphatic carboxylic acids is 1. The van der Waals surface area contributed by atoms with Crippen LogP contribution in [0.25, 0.3) is 0 Å². The number of aromatic hydroxyl groups is 1. The molecule has 5 heteroatoms. The van der Waals surface area contributed by atoms with E-state index < -0.39 is 5.97 Å². The van der Waals surface area contributed by atoms with E-state index in [-0.39, 0.29) is 24.3 Å². The second-order valence-electron chi connectivity index (χ2n) is 4.59. The van der Waals surface area contributed by atoms with E-state index in [1.54, 1.807) is 12.1 Å². The van der Waals surface area contributed by atoms with Gasteiger partial charge in [-0.3, -0.25) is 4.79 Å². The van der Waals surface area contributed by atoms with E-state index in [4.69, 9.17) is 16.7 Å². The van der Waals surface area contributed by atoms with Gasteiger partial charge in [-0.15, -0.1) is 0 Å². The summed E-state index contributed by atoms with van der Waals surface area (Å²) in [6.45, 7) is 3.90. The van der Waals surface area contributed by atoms with E-state index in [0.717, 1.165) is 0 Å². The van der Waals surface area contributed by atoms with Crippen LogP contribution in [0.5, 0.6) is 5.75 Å². The van der Waals surface area contributed by atoms with Crippen LogP contribution in [0, 0.1) is 0 Å². The summed E-state index contributed by atoms with van der Waals surface area (Å²) in [6, 6.07) is 4.73. The molecule has 0 fully saturated rings. The average molecular weight is 272 g/mol. The van der Waals surface area contributed by atoms with Crippen molar-refractivity contribution in [2.75, 3.05) is 0 Å². The summed E-state index contributed by atoms with van der Waals surface area (Å²) in [6.07, 6.45) is 0.432. The van der Waals surface area contributed by atoms with Crippen molar-refractivity contribution in [3.63, 3.8) is 0 Å². The lowest BCUT2D eigenvalue weighted by molar-refractivity contribution is -0.137. The number of benzene rings is 1. The average Bonchev–Trinajstić information content (AvgIpc) is 2.21. The van der Waals surface area contributed by atoms with E-state index >= 15 is 0 Å².